The number of furan rings is 1. The average Bonchev–Trinajstić information content (AvgIpc) is 3.25. The second-order valence-corrected chi connectivity index (χ2v) is 5.81. The van der Waals surface area contributed by atoms with Gasteiger partial charge >= 0.3 is 0 Å². The van der Waals surface area contributed by atoms with E-state index in [1.807, 2.05) is 12.5 Å². The molecule has 2 heterocycles. The second-order valence-electron chi connectivity index (χ2n) is 5.81. The Morgan fingerprint density at radius 3 is 2.57 bits per heavy atom. The molecule has 0 saturated heterocycles. The van der Waals surface area contributed by atoms with E-state index in [1.165, 1.54) is 11.1 Å². The highest BCUT2D eigenvalue weighted by Gasteiger charge is 2.09. The number of rotatable bonds is 7. The van der Waals surface area contributed by atoms with Gasteiger partial charge in [0, 0.05) is 31.9 Å². The molecule has 0 bridgehead atoms. The molecule has 0 aliphatic carbocycles. The van der Waals surface area contributed by atoms with Crippen LogP contribution < -0.4 is 5.32 Å². The molecule has 0 unspecified atom stereocenters. The highest BCUT2D eigenvalue weighted by atomic mass is 16.3. The van der Waals surface area contributed by atoms with E-state index in [4.69, 9.17) is 4.42 Å². The van der Waals surface area contributed by atoms with Gasteiger partial charge < -0.3 is 14.3 Å². The summed E-state index contributed by atoms with van der Waals surface area (Å²) in [4.78, 5) is 4.07. The fraction of sp³-hybridized carbons (Fsp3) is 0.316. The van der Waals surface area contributed by atoms with E-state index in [0.717, 1.165) is 31.0 Å². The Morgan fingerprint density at radius 1 is 1.13 bits per heavy atom. The molecule has 1 aromatic carbocycles. The van der Waals surface area contributed by atoms with Gasteiger partial charge in [0.25, 0.3) is 0 Å². The lowest BCUT2D eigenvalue weighted by Crippen LogP contribution is -2.17. The van der Waals surface area contributed by atoms with E-state index >= 15 is 0 Å². The van der Waals surface area contributed by atoms with Crippen molar-refractivity contribution in [2.45, 2.75) is 39.4 Å². The average molecular weight is 309 g/mol. The van der Waals surface area contributed by atoms with Crippen LogP contribution in [0.4, 0.5) is 0 Å². The van der Waals surface area contributed by atoms with Crippen LogP contribution in [0.25, 0.3) is 0 Å². The summed E-state index contributed by atoms with van der Waals surface area (Å²) in [5.41, 5.74) is 2.55. The third-order valence-electron chi connectivity index (χ3n) is 4.02. The Balaban J connectivity index is 1.53. The van der Waals surface area contributed by atoms with E-state index < -0.39 is 0 Å². The zero-order valence-electron chi connectivity index (χ0n) is 13.7. The molecular weight excluding hydrogens is 286 g/mol. The number of hydrogen-bond acceptors (Lipinski definition) is 3. The molecule has 0 aliphatic heterocycles. The molecule has 4 heteroatoms. The summed E-state index contributed by atoms with van der Waals surface area (Å²) in [6.45, 7) is 5.92. The maximum Gasteiger partial charge on any atom is 0.120 e. The number of aryl methyl sites for hydroxylation is 1. The molecule has 120 valence electrons. The summed E-state index contributed by atoms with van der Waals surface area (Å²) in [5.74, 6) is 2.04. The molecule has 0 amide bonds. The molecule has 1 atom stereocenters. The summed E-state index contributed by atoms with van der Waals surface area (Å²) in [6, 6.07) is 13.0. The number of imidazole rings is 1. The van der Waals surface area contributed by atoms with Gasteiger partial charge in [0.2, 0.25) is 0 Å². The molecule has 0 fully saturated rings. The fourth-order valence-electron chi connectivity index (χ4n) is 2.54. The van der Waals surface area contributed by atoms with Gasteiger partial charge in [0.1, 0.15) is 11.5 Å². The van der Waals surface area contributed by atoms with Crippen molar-refractivity contribution in [1.82, 2.24) is 14.9 Å². The van der Waals surface area contributed by atoms with Crippen LogP contribution in [0.5, 0.6) is 0 Å². The minimum atomic E-state index is 0.209. The summed E-state index contributed by atoms with van der Waals surface area (Å²) >= 11 is 0. The second kappa shape index (κ2) is 7.29. The van der Waals surface area contributed by atoms with Gasteiger partial charge in [-0.2, -0.15) is 0 Å². The number of nitrogens with zero attached hydrogens (tertiary/aromatic N) is 2. The molecule has 3 aromatic rings. The van der Waals surface area contributed by atoms with Crippen LogP contribution in [0.15, 0.2) is 59.5 Å². The molecular formula is C19H23N3O. The lowest BCUT2D eigenvalue weighted by atomic mass is 10.1. The van der Waals surface area contributed by atoms with Crippen molar-refractivity contribution >= 4 is 0 Å². The third kappa shape index (κ3) is 4.11. The highest BCUT2D eigenvalue weighted by Crippen LogP contribution is 2.17. The predicted octanol–water partition coefficient (Wildman–Crippen LogP) is 3.94. The minimum Gasteiger partial charge on any atom is -0.464 e. The predicted molar refractivity (Wildman–Crippen MR) is 91.1 cm³/mol. The van der Waals surface area contributed by atoms with E-state index in [0.29, 0.717) is 0 Å². The summed E-state index contributed by atoms with van der Waals surface area (Å²) in [6.07, 6.45) is 6.56. The topological polar surface area (TPSA) is 43.0 Å². The van der Waals surface area contributed by atoms with Gasteiger partial charge in [0.05, 0.1) is 12.4 Å². The summed E-state index contributed by atoms with van der Waals surface area (Å²) in [5, 5.41) is 3.51. The van der Waals surface area contributed by atoms with Crippen LogP contribution in [0.1, 0.15) is 42.5 Å². The molecule has 2 aromatic heterocycles. The molecule has 0 aliphatic rings. The zero-order chi connectivity index (χ0) is 16.1. The van der Waals surface area contributed by atoms with E-state index in [2.05, 4.69) is 65.1 Å². The van der Waals surface area contributed by atoms with Gasteiger partial charge in [-0.3, -0.25) is 0 Å². The van der Waals surface area contributed by atoms with Crippen LogP contribution in [0.2, 0.25) is 0 Å². The van der Waals surface area contributed by atoms with Crippen molar-refractivity contribution in [3.05, 3.63) is 77.8 Å². The van der Waals surface area contributed by atoms with Crippen LogP contribution in [-0.2, 0) is 19.5 Å². The van der Waals surface area contributed by atoms with Crippen LogP contribution in [0.3, 0.4) is 0 Å². The SMILES string of the molecule is CCc1ccc([C@@H](C)NCc2ccc(Cn3ccnc3)cc2)o1. The minimum absolute atomic E-state index is 0.209. The molecule has 0 radical (unpaired) electrons. The normalized spacial score (nSPS) is 12.4. The summed E-state index contributed by atoms with van der Waals surface area (Å²) in [7, 11) is 0. The Morgan fingerprint density at radius 2 is 1.91 bits per heavy atom. The monoisotopic (exact) mass is 309 g/mol. The maximum atomic E-state index is 5.79. The first kappa shape index (κ1) is 15.6. The first-order valence-corrected chi connectivity index (χ1v) is 8.10. The van der Waals surface area contributed by atoms with Gasteiger partial charge in [-0.15, -0.1) is 0 Å². The van der Waals surface area contributed by atoms with Crippen molar-refractivity contribution in [1.29, 1.82) is 0 Å². The van der Waals surface area contributed by atoms with Crippen molar-refractivity contribution in [2.24, 2.45) is 0 Å². The molecule has 23 heavy (non-hydrogen) atoms. The Bertz CT molecular complexity index is 713. The van der Waals surface area contributed by atoms with Crippen molar-refractivity contribution < 1.29 is 4.42 Å². The summed E-state index contributed by atoms with van der Waals surface area (Å²) < 4.78 is 7.86. The quantitative estimate of drug-likeness (QED) is 0.719. The lowest BCUT2D eigenvalue weighted by molar-refractivity contribution is 0.408. The molecule has 4 nitrogen and oxygen atoms in total. The van der Waals surface area contributed by atoms with Crippen molar-refractivity contribution in [2.75, 3.05) is 0 Å². The van der Waals surface area contributed by atoms with E-state index in [1.54, 1.807) is 6.20 Å². The third-order valence-corrected chi connectivity index (χ3v) is 4.02. The van der Waals surface area contributed by atoms with Crippen LogP contribution in [-0.4, -0.2) is 9.55 Å². The number of aromatic nitrogens is 2. The highest BCUT2D eigenvalue weighted by molar-refractivity contribution is 5.23. The first-order chi connectivity index (χ1) is 11.2. The lowest BCUT2D eigenvalue weighted by Gasteiger charge is -2.12. The van der Waals surface area contributed by atoms with Gasteiger partial charge in [-0.25, -0.2) is 4.98 Å². The maximum absolute atomic E-state index is 5.79. The zero-order valence-corrected chi connectivity index (χ0v) is 13.7. The Labute approximate surface area is 137 Å². The standard InChI is InChI=1S/C19H23N3O/c1-3-18-8-9-19(23-18)15(2)21-12-16-4-6-17(7-5-16)13-22-11-10-20-14-22/h4-11,14-15,21H,3,12-13H2,1-2H3/t15-/m1/s1. The van der Waals surface area contributed by atoms with Crippen molar-refractivity contribution in [3.8, 4) is 0 Å². The smallest absolute Gasteiger partial charge is 0.120 e. The molecule has 0 saturated carbocycles. The van der Waals surface area contributed by atoms with Crippen LogP contribution in [0, 0.1) is 0 Å². The number of hydrogen-bond donors (Lipinski definition) is 1. The number of nitrogens with one attached hydrogen (secondary N) is 1. The van der Waals surface area contributed by atoms with Gasteiger partial charge in [-0.1, -0.05) is 31.2 Å². The number of benzene rings is 1. The van der Waals surface area contributed by atoms with Gasteiger partial charge in [-0.05, 0) is 30.2 Å². The fourth-order valence-corrected chi connectivity index (χ4v) is 2.54. The molecule has 3 rings (SSSR count). The van der Waals surface area contributed by atoms with E-state index in [9.17, 15) is 0 Å². The largest absolute Gasteiger partial charge is 0.464 e. The Kier molecular flexibility index (Phi) is 4.93. The van der Waals surface area contributed by atoms with Gasteiger partial charge in [0.15, 0.2) is 0 Å². The van der Waals surface area contributed by atoms with E-state index in [-0.39, 0.29) is 6.04 Å². The molecule has 0 spiro atoms. The molecule has 1 N–H and O–H groups in total. The Hall–Kier alpha value is -2.33. The van der Waals surface area contributed by atoms with Crippen molar-refractivity contribution in [3.63, 3.8) is 0 Å². The first-order valence-electron chi connectivity index (χ1n) is 8.10. The van der Waals surface area contributed by atoms with Crippen LogP contribution >= 0.6 is 0 Å².